The SMILES string of the molecule is C[Si]1CC[Si](Br)CC1. The van der Waals surface area contributed by atoms with E-state index in [1.807, 2.05) is 0 Å². The Hall–Kier alpha value is 0.914. The van der Waals surface area contributed by atoms with Gasteiger partial charge in [-0.05, 0) is 0 Å². The summed E-state index contributed by atoms with van der Waals surface area (Å²) >= 11 is 3.73. The van der Waals surface area contributed by atoms with Crippen LogP contribution in [0.15, 0.2) is 0 Å². The monoisotopic (exact) mass is 206 g/mol. The zero-order chi connectivity index (χ0) is 5.98. The predicted molar refractivity (Wildman–Crippen MR) is 45.5 cm³/mol. The number of halogens is 1. The van der Waals surface area contributed by atoms with Gasteiger partial charge in [0.05, 0.1) is 0 Å². The summed E-state index contributed by atoms with van der Waals surface area (Å²) in [6.45, 7) is 2.46. The van der Waals surface area contributed by atoms with Crippen molar-refractivity contribution in [3.05, 3.63) is 0 Å². The van der Waals surface area contributed by atoms with Gasteiger partial charge in [-0.1, -0.05) is 30.7 Å². The van der Waals surface area contributed by atoms with Crippen molar-refractivity contribution in [3.8, 4) is 0 Å². The van der Waals surface area contributed by atoms with Gasteiger partial charge in [-0.3, -0.25) is 0 Å². The van der Waals surface area contributed by atoms with Crippen molar-refractivity contribution < 1.29 is 0 Å². The van der Waals surface area contributed by atoms with E-state index in [0.29, 0.717) is 0 Å². The highest BCUT2D eigenvalue weighted by Gasteiger charge is 2.17. The quantitative estimate of drug-likeness (QED) is 0.423. The van der Waals surface area contributed by atoms with Gasteiger partial charge in [0.1, 0.15) is 7.42 Å². The molecular weight excluding hydrogens is 196 g/mol. The lowest BCUT2D eigenvalue weighted by atomic mass is 10.9. The molecule has 1 fully saturated rings. The maximum Gasteiger partial charge on any atom is 0.134 e. The van der Waals surface area contributed by atoms with E-state index >= 15 is 0 Å². The first-order valence-electron chi connectivity index (χ1n) is 3.10. The first-order valence-corrected chi connectivity index (χ1v) is 9.69. The minimum atomic E-state index is 0.0123. The Morgan fingerprint density at radius 3 is 2.00 bits per heavy atom. The first kappa shape index (κ1) is 7.03. The van der Waals surface area contributed by atoms with E-state index in [1.54, 1.807) is 12.1 Å². The van der Waals surface area contributed by atoms with Crippen LogP contribution in [0.5, 0.6) is 0 Å². The fourth-order valence-electron chi connectivity index (χ4n) is 0.948. The van der Waals surface area contributed by atoms with E-state index in [-0.39, 0.29) is 16.2 Å². The van der Waals surface area contributed by atoms with Crippen LogP contribution in [0.25, 0.3) is 0 Å². The molecule has 1 heterocycles. The second kappa shape index (κ2) is 3.18. The van der Waals surface area contributed by atoms with E-state index in [9.17, 15) is 0 Å². The van der Waals surface area contributed by atoms with E-state index in [1.165, 1.54) is 12.1 Å². The van der Waals surface area contributed by atoms with E-state index in [0.717, 1.165) is 0 Å². The van der Waals surface area contributed by atoms with Crippen LogP contribution in [-0.2, 0) is 0 Å². The average Bonchev–Trinajstić information content (AvgIpc) is 1.77. The lowest BCUT2D eigenvalue weighted by Gasteiger charge is -2.18. The summed E-state index contributed by atoms with van der Waals surface area (Å²) in [5, 5.41) is 0. The van der Waals surface area contributed by atoms with Crippen molar-refractivity contribution in [2.75, 3.05) is 0 Å². The van der Waals surface area contributed by atoms with Crippen LogP contribution in [0.1, 0.15) is 0 Å². The van der Waals surface area contributed by atoms with Gasteiger partial charge in [-0.2, -0.15) is 0 Å². The molecule has 0 nitrogen and oxygen atoms in total. The summed E-state index contributed by atoms with van der Waals surface area (Å²) in [6.07, 6.45) is 0. The molecule has 0 aromatic carbocycles. The maximum absolute atomic E-state index is 3.73. The number of rotatable bonds is 0. The molecule has 2 radical (unpaired) electrons. The van der Waals surface area contributed by atoms with Crippen molar-refractivity contribution >= 4 is 31.5 Å². The topological polar surface area (TPSA) is 0 Å². The summed E-state index contributed by atoms with van der Waals surface area (Å²) in [7, 11) is 0.182. The van der Waals surface area contributed by atoms with Gasteiger partial charge in [-0.25, -0.2) is 0 Å². The molecule has 0 spiro atoms. The largest absolute Gasteiger partial charge is 0.134 e. The number of hydrogen-bond acceptors (Lipinski definition) is 0. The lowest BCUT2D eigenvalue weighted by molar-refractivity contribution is 1.21. The summed E-state index contributed by atoms with van der Waals surface area (Å²) in [5.41, 5.74) is 0. The number of hydrogen-bond donors (Lipinski definition) is 0. The van der Waals surface area contributed by atoms with Crippen molar-refractivity contribution in [1.82, 2.24) is 0 Å². The third-order valence-corrected chi connectivity index (χ3v) is 8.82. The Kier molecular flexibility index (Phi) is 2.79. The van der Waals surface area contributed by atoms with Crippen molar-refractivity contribution in [2.45, 2.75) is 30.7 Å². The van der Waals surface area contributed by atoms with Crippen molar-refractivity contribution in [3.63, 3.8) is 0 Å². The molecule has 0 N–H and O–H groups in total. The maximum atomic E-state index is 3.73. The summed E-state index contributed by atoms with van der Waals surface area (Å²) < 4.78 is 0. The molecule has 46 valence electrons. The summed E-state index contributed by atoms with van der Waals surface area (Å²) in [5.74, 6) is 0. The molecule has 1 aliphatic heterocycles. The minimum absolute atomic E-state index is 0.0123. The lowest BCUT2D eigenvalue weighted by Crippen LogP contribution is -2.18. The molecule has 0 unspecified atom stereocenters. The van der Waals surface area contributed by atoms with Crippen LogP contribution in [0.2, 0.25) is 30.7 Å². The molecule has 1 rings (SSSR count). The second-order valence-corrected chi connectivity index (χ2v) is 10.8. The van der Waals surface area contributed by atoms with E-state index in [2.05, 4.69) is 21.8 Å². The molecule has 0 aromatic rings. The molecule has 1 saturated heterocycles. The standard InChI is InChI=1S/C5H11BrSi2/c1-7-2-4-8(6)5-3-7/h2-5H2,1H3. The molecule has 3 heteroatoms. The highest BCUT2D eigenvalue weighted by atomic mass is 79.9. The Balaban J connectivity index is 2.19. The van der Waals surface area contributed by atoms with E-state index in [4.69, 9.17) is 0 Å². The van der Waals surface area contributed by atoms with Crippen LogP contribution in [0.3, 0.4) is 0 Å². The molecule has 8 heavy (non-hydrogen) atoms. The average molecular weight is 207 g/mol. The van der Waals surface area contributed by atoms with Gasteiger partial charge in [-0.15, -0.1) is 15.3 Å². The van der Waals surface area contributed by atoms with Gasteiger partial charge in [0.15, 0.2) is 0 Å². The van der Waals surface area contributed by atoms with Crippen LogP contribution in [0, 0.1) is 0 Å². The second-order valence-electron chi connectivity index (χ2n) is 2.47. The smallest absolute Gasteiger partial charge is 0.129 e. The van der Waals surface area contributed by atoms with Crippen LogP contribution < -0.4 is 0 Å². The van der Waals surface area contributed by atoms with Crippen LogP contribution in [0.4, 0.5) is 0 Å². The van der Waals surface area contributed by atoms with Gasteiger partial charge >= 0.3 is 0 Å². The molecule has 1 aliphatic rings. The first-order chi connectivity index (χ1) is 3.79. The zero-order valence-electron chi connectivity index (χ0n) is 5.21. The third kappa shape index (κ3) is 2.03. The molecular formula is C5H11BrSi2. The molecule has 0 bridgehead atoms. The summed E-state index contributed by atoms with van der Waals surface area (Å²) in [4.78, 5) is 0. The molecule has 0 saturated carbocycles. The minimum Gasteiger partial charge on any atom is -0.129 e. The van der Waals surface area contributed by atoms with Gasteiger partial charge < -0.3 is 0 Å². The Morgan fingerprint density at radius 1 is 1.12 bits per heavy atom. The molecule has 0 amide bonds. The fourth-order valence-corrected chi connectivity index (χ4v) is 10.6. The fraction of sp³-hybridized carbons (Fsp3) is 1.00. The Bertz CT molecular complexity index is 58.8. The van der Waals surface area contributed by atoms with E-state index < -0.39 is 0 Å². The molecule has 0 aliphatic carbocycles. The van der Waals surface area contributed by atoms with Crippen molar-refractivity contribution in [2.24, 2.45) is 0 Å². The Morgan fingerprint density at radius 2 is 1.62 bits per heavy atom. The highest BCUT2D eigenvalue weighted by molar-refractivity contribution is 9.24. The van der Waals surface area contributed by atoms with Crippen LogP contribution in [-0.4, -0.2) is 16.2 Å². The van der Waals surface area contributed by atoms with Gasteiger partial charge in [0, 0.05) is 8.80 Å². The summed E-state index contributed by atoms with van der Waals surface area (Å²) in [6, 6.07) is 6.22. The van der Waals surface area contributed by atoms with Gasteiger partial charge in [0.25, 0.3) is 0 Å². The normalized spacial score (nSPS) is 26.2. The van der Waals surface area contributed by atoms with Gasteiger partial charge in [0.2, 0.25) is 0 Å². The van der Waals surface area contributed by atoms with Crippen LogP contribution >= 0.6 is 15.3 Å². The highest BCUT2D eigenvalue weighted by Crippen LogP contribution is 2.23. The van der Waals surface area contributed by atoms with Crippen molar-refractivity contribution in [1.29, 1.82) is 0 Å². The molecule has 0 atom stereocenters. The molecule has 0 aromatic heterocycles. The zero-order valence-corrected chi connectivity index (χ0v) is 8.79. The Labute approximate surface area is 62.5 Å². The third-order valence-electron chi connectivity index (χ3n) is 1.65. The predicted octanol–water partition coefficient (Wildman–Crippen LogP) is 2.51.